The summed E-state index contributed by atoms with van der Waals surface area (Å²) in [5, 5.41) is 7.10. The van der Waals surface area contributed by atoms with E-state index in [-0.39, 0.29) is 5.41 Å². The molecule has 1 aromatic carbocycles. The summed E-state index contributed by atoms with van der Waals surface area (Å²) >= 11 is 5.18. The summed E-state index contributed by atoms with van der Waals surface area (Å²) in [7, 11) is 0. The number of aromatic amines is 1. The Hall–Kier alpha value is -1.62. The summed E-state index contributed by atoms with van der Waals surface area (Å²) in [4.78, 5) is 0. The first-order valence-corrected chi connectivity index (χ1v) is 8.20. The molecule has 0 aliphatic carbocycles. The van der Waals surface area contributed by atoms with Crippen LogP contribution in [-0.4, -0.2) is 21.4 Å². The standard InChI is InChI=1S/C17H25N3OS/c1-5-20-15(18-19-16(20)22)7-6-12-21-14-10-8-13(9-11-14)17(2,3)4/h8-11H,5-7,12H2,1-4H3,(H,19,22). The molecule has 0 spiro atoms. The van der Waals surface area contributed by atoms with Gasteiger partial charge in [-0.2, -0.15) is 5.10 Å². The van der Waals surface area contributed by atoms with Crippen LogP contribution in [0.2, 0.25) is 0 Å². The van der Waals surface area contributed by atoms with E-state index in [4.69, 9.17) is 17.0 Å². The van der Waals surface area contributed by atoms with Gasteiger partial charge < -0.3 is 9.30 Å². The summed E-state index contributed by atoms with van der Waals surface area (Å²) in [5.41, 5.74) is 1.49. The number of rotatable bonds is 6. The summed E-state index contributed by atoms with van der Waals surface area (Å²) in [6.07, 6.45) is 1.78. The monoisotopic (exact) mass is 319 g/mol. The van der Waals surface area contributed by atoms with Crippen LogP contribution in [0, 0.1) is 4.77 Å². The third-order valence-corrected chi connectivity index (χ3v) is 4.00. The first kappa shape index (κ1) is 16.7. The average molecular weight is 319 g/mol. The highest BCUT2D eigenvalue weighted by atomic mass is 32.1. The van der Waals surface area contributed by atoms with Gasteiger partial charge in [0, 0.05) is 13.0 Å². The number of nitrogens with one attached hydrogen (secondary N) is 1. The lowest BCUT2D eigenvalue weighted by atomic mass is 9.87. The fourth-order valence-electron chi connectivity index (χ4n) is 2.34. The molecule has 1 heterocycles. The van der Waals surface area contributed by atoms with Gasteiger partial charge in [-0.3, -0.25) is 5.10 Å². The van der Waals surface area contributed by atoms with Crippen LogP contribution in [0.4, 0.5) is 0 Å². The quantitative estimate of drug-likeness (QED) is 0.638. The molecule has 0 amide bonds. The van der Waals surface area contributed by atoms with Crippen LogP contribution in [0.15, 0.2) is 24.3 Å². The maximum Gasteiger partial charge on any atom is 0.195 e. The van der Waals surface area contributed by atoms with Crippen molar-refractivity contribution in [2.45, 2.75) is 52.5 Å². The zero-order chi connectivity index (χ0) is 16.2. The van der Waals surface area contributed by atoms with Gasteiger partial charge in [-0.05, 0) is 48.7 Å². The lowest BCUT2D eigenvalue weighted by molar-refractivity contribution is 0.309. The number of aromatic nitrogens is 3. The molecule has 5 heteroatoms. The van der Waals surface area contributed by atoms with Gasteiger partial charge in [0.15, 0.2) is 4.77 Å². The summed E-state index contributed by atoms with van der Waals surface area (Å²) in [6, 6.07) is 8.36. The van der Waals surface area contributed by atoms with E-state index in [1.165, 1.54) is 5.56 Å². The van der Waals surface area contributed by atoms with Crippen molar-refractivity contribution < 1.29 is 4.74 Å². The molecule has 4 nitrogen and oxygen atoms in total. The Balaban J connectivity index is 1.83. The Morgan fingerprint density at radius 3 is 2.50 bits per heavy atom. The molecule has 0 aliphatic heterocycles. The molecule has 2 rings (SSSR count). The van der Waals surface area contributed by atoms with Crippen molar-refractivity contribution in [3.63, 3.8) is 0 Å². The Labute approximate surface area is 137 Å². The van der Waals surface area contributed by atoms with Gasteiger partial charge in [-0.25, -0.2) is 0 Å². The Kier molecular flexibility index (Phi) is 5.40. The summed E-state index contributed by atoms with van der Waals surface area (Å²) in [6.45, 7) is 10.2. The van der Waals surface area contributed by atoms with E-state index in [1.807, 2.05) is 16.7 Å². The van der Waals surface area contributed by atoms with Gasteiger partial charge in [-0.15, -0.1) is 0 Å². The number of nitrogens with zero attached hydrogens (tertiary/aromatic N) is 2. The van der Waals surface area contributed by atoms with Crippen molar-refractivity contribution in [2.75, 3.05) is 6.61 Å². The zero-order valence-electron chi connectivity index (χ0n) is 13.8. The minimum absolute atomic E-state index is 0.175. The number of hydrogen-bond donors (Lipinski definition) is 1. The molecule has 0 radical (unpaired) electrons. The molecule has 120 valence electrons. The first-order valence-electron chi connectivity index (χ1n) is 7.79. The molecule has 0 aliphatic rings. The molecule has 0 atom stereocenters. The molecular weight excluding hydrogens is 294 g/mol. The molecule has 0 bridgehead atoms. The van der Waals surface area contributed by atoms with E-state index in [9.17, 15) is 0 Å². The van der Waals surface area contributed by atoms with E-state index >= 15 is 0 Å². The Morgan fingerprint density at radius 1 is 1.23 bits per heavy atom. The van der Waals surface area contributed by atoms with E-state index < -0.39 is 0 Å². The molecule has 2 aromatic rings. The van der Waals surface area contributed by atoms with E-state index in [2.05, 4.69) is 50.0 Å². The molecule has 0 saturated heterocycles. The topological polar surface area (TPSA) is 42.8 Å². The number of hydrogen-bond acceptors (Lipinski definition) is 3. The summed E-state index contributed by atoms with van der Waals surface area (Å²) in [5.74, 6) is 1.92. The van der Waals surface area contributed by atoms with E-state index in [0.29, 0.717) is 11.4 Å². The van der Waals surface area contributed by atoms with Crippen molar-refractivity contribution in [1.29, 1.82) is 0 Å². The van der Waals surface area contributed by atoms with E-state index in [1.54, 1.807) is 0 Å². The average Bonchev–Trinajstić information content (AvgIpc) is 2.83. The lowest BCUT2D eigenvalue weighted by Crippen LogP contribution is -2.10. The second-order valence-corrected chi connectivity index (χ2v) is 6.80. The normalized spacial score (nSPS) is 11.6. The molecule has 0 fully saturated rings. The lowest BCUT2D eigenvalue weighted by Gasteiger charge is -2.19. The molecule has 1 aromatic heterocycles. The second kappa shape index (κ2) is 7.09. The predicted octanol–water partition coefficient (Wildman–Crippen LogP) is 4.27. The van der Waals surface area contributed by atoms with Crippen molar-refractivity contribution in [3.8, 4) is 5.75 Å². The van der Waals surface area contributed by atoms with Gasteiger partial charge in [-0.1, -0.05) is 32.9 Å². The second-order valence-electron chi connectivity index (χ2n) is 6.42. The first-order chi connectivity index (χ1) is 10.4. The van der Waals surface area contributed by atoms with Crippen LogP contribution in [0.3, 0.4) is 0 Å². The number of H-pyrrole nitrogens is 1. The fourth-order valence-corrected chi connectivity index (χ4v) is 2.62. The number of aryl methyl sites for hydroxylation is 1. The van der Waals surface area contributed by atoms with Crippen LogP contribution in [-0.2, 0) is 18.4 Å². The van der Waals surface area contributed by atoms with Crippen LogP contribution in [0.1, 0.15) is 45.5 Å². The van der Waals surface area contributed by atoms with Crippen LogP contribution in [0.5, 0.6) is 5.75 Å². The van der Waals surface area contributed by atoms with Crippen molar-refractivity contribution in [2.24, 2.45) is 0 Å². The predicted molar refractivity (Wildman–Crippen MR) is 92.0 cm³/mol. The van der Waals surface area contributed by atoms with Gasteiger partial charge >= 0.3 is 0 Å². The maximum absolute atomic E-state index is 5.80. The van der Waals surface area contributed by atoms with Gasteiger partial charge in [0.25, 0.3) is 0 Å². The van der Waals surface area contributed by atoms with Crippen LogP contribution >= 0.6 is 12.2 Å². The highest BCUT2D eigenvalue weighted by molar-refractivity contribution is 7.71. The van der Waals surface area contributed by atoms with Crippen LogP contribution in [0.25, 0.3) is 0 Å². The molecular formula is C17H25N3OS. The fraction of sp³-hybridized carbons (Fsp3) is 0.529. The molecule has 22 heavy (non-hydrogen) atoms. The van der Waals surface area contributed by atoms with Gasteiger partial charge in [0.05, 0.1) is 6.61 Å². The number of benzene rings is 1. The number of ether oxygens (including phenoxy) is 1. The minimum Gasteiger partial charge on any atom is -0.494 e. The maximum atomic E-state index is 5.80. The third-order valence-electron chi connectivity index (χ3n) is 3.69. The van der Waals surface area contributed by atoms with Gasteiger partial charge in [0.2, 0.25) is 0 Å². The highest BCUT2D eigenvalue weighted by Gasteiger charge is 2.12. The Morgan fingerprint density at radius 2 is 1.91 bits per heavy atom. The molecule has 1 N–H and O–H groups in total. The Bertz CT molecular complexity index is 650. The minimum atomic E-state index is 0.175. The van der Waals surface area contributed by atoms with Crippen molar-refractivity contribution in [1.82, 2.24) is 14.8 Å². The molecule has 0 unspecified atom stereocenters. The van der Waals surface area contributed by atoms with Crippen LogP contribution < -0.4 is 4.74 Å². The molecule has 0 saturated carbocycles. The van der Waals surface area contributed by atoms with Crippen molar-refractivity contribution >= 4 is 12.2 Å². The SMILES string of the molecule is CCn1c(CCCOc2ccc(C(C)(C)C)cc2)n[nH]c1=S. The zero-order valence-corrected chi connectivity index (χ0v) is 14.7. The highest BCUT2D eigenvalue weighted by Crippen LogP contribution is 2.24. The third kappa shape index (κ3) is 4.19. The van der Waals surface area contributed by atoms with E-state index in [0.717, 1.165) is 31.0 Å². The van der Waals surface area contributed by atoms with Gasteiger partial charge in [0.1, 0.15) is 11.6 Å². The largest absolute Gasteiger partial charge is 0.494 e. The summed E-state index contributed by atoms with van der Waals surface area (Å²) < 4.78 is 8.51. The smallest absolute Gasteiger partial charge is 0.195 e. The van der Waals surface area contributed by atoms with Crippen molar-refractivity contribution in [3.05, 3.63) is 40.4 Å².